The smallest absolute Gasteiger partial charge is 0.254 e. The highest BCUT2D eigenvalue weighted by atomic mass is 35.5. The molecular formula is C30H33ClN2O3. The van der Waals surface area contributed by atoms with Crippen LogP contribution < -0.4 is 4.74 Å². The van der Waals surface area contributed by atoms with Crippen molar-refractivity contribution in [3.8, 4) is 5.75 Å². The normalized spacial score (nSPS) is 17.5. The standard InChI is InChI=1S/C30H33ClN2O3/c1-23-10-6-7-15-27(23)29(35)33-17-9-16-30(21-33,22-36-26-14-8-13-25(31)18-26)19-28(34)32(2)20-24-11-4-3-5-12-24/h3-8,10-15,18H,9,16-17,19-22H2,1-2H3. The van der Waals surface area contributed by atoms with Gasteiger partial charge in [-0.05, 0) is 55.2 Å². The predicted octanol–water partition coefficient (Wildman–Crippen LogP) is 6.00. The molecule has 36 heavy (non-hydrogen) atoms. The van der Waals surface area contributed by atoms with E-state index in [1.54, 1.807) is 17.0 Å². The number of nitrogens with zero attached hydrogens (tertiary/aromatic N) is 2. The fourth-order valence-corrected chi connectivity index (χ4v) is 5.05. The second-order valence-corrected chi connectivity index (χ2v) is 10.2. The minimum absolute atomic E-state index is 0.00465. The molecule has 1 saturated heterocycles. The maximum Gasteiger partial charge on any atom is 0.254 e. The summed E-state index contributed by atoms with van der Waals surface area (Å²) in [5.74, 6) is 0.707. The summed E-state index contributed by atoms with van der Waals surface area (Å²) >= 11 is 6.16. The van der Waals surface area contributed by atoms with Gasteiger partial charge < -0.3 is 14.5 Å². The summed E-state index contributed by atoms with van der Waals surface area (Å²) in [5.41, 5.74) is 2.24. The number of ether oxygens (including phenoxy) is 1. The second kappa shape index (κ2) is 11.6. The first-order chi connectivity index (χ1) is 17.3. The van der Waals surface area contributed by atoms with Crippen molar-refractivity contribution in [2.45, 2.75) is 32.7 Å². The number of halogens is 1. The number of piperidine rings is 1. The molecule has 188 valence electrons. The Bertz CT molecular complexity index is 1200. The molecule has 6 heteroatoms. The van der Waals surface area contributed by atoms with Crippen molar-refractivity contribution in [1.82, 2.24) is 9.80 Å². The van der Waals surface area contributed by atoms with Crippen molar-refractivity contribution in [3.63, 3.8) is 0 Å². The lowest BCUT2D eigenvalue weighted by atomic mass is 9.77. The predicted molar refractivity (Wildman–Crippen MR) is 143 cm³/mol. The van der Waals surface area contributed by atoms with Gasteiger partial charge in [0, 0.05) is 49.1 Å². The van der Waals surface area contributed by atoms with Crippen molar-refractivity contribution in [3.05, 3.63) is 101 Å². The number of hydrogen-bond donors (Lipinski definition) is 0. The Morgan fingerprint density at radius 2 is 1.78 bits per heavy atom. The summed E-state index contributed by atoms with van der Waals surface area (Å²) in [6.45, 7) is 3.95. The van der Waals surface area contributed by atoms with E-state index >= 15 is 0 Å². The first-order valence-electron chi connectivity index (χ1n) is 12.4. The van der Waals surface area contributed by atoms with Crippen LogP contribution in [0.1, 0.15) is 40.7 Å². The zero-order chi connectivity index (χ0) is 25.5. The fourth-order valence-electron chi connectivity index (χ4n) is 4.87. The van der Waals surface area contributed by atoms with E-state index in [2.05, 4.69) is 0 Å². The van der Waals surface area contributed by atoms with E-state index in [0.717, 1.165) is 24.0 Å². The Morgan fingerprint density at radius 1 is 1.03 bits per heavy atom. The molecule has 3 aromatic rings. The first-order valence-corrected chi connectivity index (χ1v) is 12.7. The molecule has 0 aliphatic carbocycles. The molecule has 1 atom stereocenters. The van der Waals surface area contributed by atoms with Gasteiger partial charge in [0.2, 0.25) is 5.91 Å². The molecule has 4 rings (SSSR count). The maximum absolute atomic E-state index is 13.5. The van der Waals surface area contributed by atoms with Gasteiger partial charge in [0.05, 0.1) is 6.61 Å². The summed E-state index contributed by atoms with van der Waals surface area (Å²) in [6.07, 6.45) is 1.91. The molecule has 0 bridgehead atoms. The number of carbonyl (C=O) groups excluding carboxylic acids is 2. The van der Waals surface area contributed by atoms with Crippen LogP contribution in [0.4, 0.5) is 0 Å². The molecule has 0 spiro atoms. The van der Waals surface area contributed by atoms with E-state index in [9.17, 15) is 9.59 Å². The summed E-state index contributed by atoms with van der Waals surface area (Å²) in [6, 6.07) is 24.9. The van der Waals surface area contributed by atoms with Crippen molar-refractivity contribution in [2.75, 3.05) is 26.7 Å². The monoisotopic (exact) mass is 504 g/mol. The first kappa shape index (κ1) is 25.8. The van der Waals surface area contributed by atoms with E-state index in [1.165, 1.54) is 0 Å². The Hall–Kier alpha value is -3.31. The lowest BCUT2D eigenvalue weighted by Crippen LogP contribution is -2.50. The molecule has 0 aromatic heterocycles. The quantitative estimate of drug-likeness (QED) is 0.378. The van der Waals surface area contributed by atoms with Crippen molar-refractivity contribution in [2.24, 2.45) is 5.41 Å². The molecule has 1 aliphatic rings. The van der Waals surface area contributed by atoms with Crippen molar-refractivity contribution < 1.29 is 14.3 Å². The minimum Gasteiger partial charge on any atom is -0.493 e. The molecule has 0 radical (unpaired) electrons. The third-order valence-electron chi connectivity index (χ3n) is 6.88. The highest BCUT2D eigenvalue weighted by molar-refractivity contribution is 6.30. The third-order valence-corrected chi connectivity index (χ3v) is 7.11. The van der Waals surface area contributed by atoms with Gasteiger partial charge in [-0.1, -0.05) is 66.2 Å². The highest BCUT2D eigenvalue weighted by Gasteiger charge is 2.41. The van der Waals surface area contributed by atoms with E-state index in [0.29, 0.717) is 49.0 Å². The van der Waals surface area contributed by atoms with Crippen LogP contribution >= 0.6 is 11.6 Å². The van der Waals surface area contributed by atoms with Gasteiger partial charge in [-0.2, -0.15) is 0 Å². The summed E-state index contributed by atoms with van der Waals surface area (Å²) in [4.78, 5) is 30.5. The fraction of sp³-hybridized carbons (Fsp3) is 0.333. The lowest BCUT2D eigenvalue weighted by Gasteiger charge is -2.43. The van der Waals surface area contributed by atoms with E-state index in [1.807, 2.05) is 85.6 Å². The Morgan fingerprint density at radius 3 is 2.53 bits per heavy atom. The number of rotatable bonds is 8. The van der Waals surface area contributed by atoms with E-state index in [-0.39, 0.29) is 11.8 Å². The molecule has 1 aliphatic heterocycles. The van der Waals surface area contributed by atoms with Gasteiger partial charge in [0.15, 0.2) is 0 Å². The van der Waals surface area contributed by atoms with Crippen LogP contribution in [-0.4, -0.2) is 48.4 Å². The summed E-state index contributed by atoms with van der Waals surface area (Å²) in [5, 5.41) is 0.597. The summed E-state index contributed by atoms with van der Waals surface area (Å²) < 4.78 is 6.19. The minimum atomic E-state index is -0.499. The van der Waals surface area contributed by atoms with Crippen LogP contribution in [0.25, 0.3) is 0 Å². The van der Waals surface area contributed by atoms with Crippen LogP contribution in [0.2, 0.25) is 5.02 Å². The molecule has 1 unspecified atom stereocenters. The molecule has 2 amide bonds. The van der Waals surface area contributed by atoms with Gasteiger partial charge >= 0.3 is 0 Å². The number of benzene rings is 3. The number of hydrogen-bond acceptors (Lipinski definition) is 3. The number of likely N-dealkylation sites (tertiary alicyclic amines) is 1. The molecule has 3 aromatic carbocycles. The molecule has 0 saturated carbocycles. The van der Waals surface area contributed by atoms with Gasteiger partial charge in [-0.25, -0.2) is 0 Å². The Labute approximate surface area is 218 Å². The third kappa shape index (κ3) is 6.46. The largest absolute Gasteiger partial charge is 0.493 e. The van der Waals surface area contributed by atoms with Crippen LogP contribution in [0.3, 0.4) is 0 Å². The van der Waals surface area contributed by atoms with Gasteiger partial charge in [0.25, 0.3) is 5.91 Å². The molecule has 1 fully saturated rings. The number of amides is 2. The summed E-state index contributed by atoms with van der Waals surface area (Å²) in [7, 11) is 1.83. The Kier molecular flexibility index (Phi) is 8.32. The molecule has 5 nitrogen and oxygen atoms in total. The van der Waals surface area contributed by atoms with Crippen LogP contribution in [0.15, 0.2) is 78.9 Å². The zero-order valence-electron chi connectivity index (χ0n) is 21.0. The lowest BCUT2D eigenvalue weighted by molar-refractivity contribution is -0.134. The topological polar surface area (TPSA) is 49.9 Å². The van der Waals surface area contributed by atoms with Crippen molar-refractivity contribution >= 4 is 23.4 Å². The number of aryl methyl sites for hydroxylation is 1. The zero-order valence-corrected chi connectivity index (χ0v) is 21.7. The highest BCUT2D eigenvalue weighted by Crippen LogP contribution is 2.36. The van der Waals surface area contributed by atoms with Gasteiger partial charge in [-0.15, -0.1) is 0 Å². The number of carbonyl (C=O) groups is 2. The molecule has 1 heterocycles. The SMILES string of the molecule is Cc1ccccc1C(=O)N1CCCC(COc2cccc(Cl)c2)(CC(=O)N(C)Cc2ccccc2)C1. The second-order valence-electron chi connectivity index (χ2n) is 9.80. The average molecular weight is 505 g/mol. The van der Waals surface area contributed by atoms with E-state index in [4.69, 9.17) is 16.3 Å². The van der Waals surface area contributed by atoms with Crippen LogP contribution in [0.5, 0.6) is 5.75 Å². The molecular weight excluding hydrogens is 472 g/mol. The van der Waals surface area contributed by atoms with Crippen LogP contribution in [-0.2, 0) is 11.3 Å². The average Bonchev–Trinajstić information content (AvgIpc) is 2.88. The van der Waals surface area contributed by atoms with E-state index < -0.39 is 5.41 Å². The molecule has 0 N–H and O–H groups in total. The maximum atomic E-state index is 13.5. The Balaban J connectivity index is 1.54. The van der Waals surface area contributed by atoms with Gasteiger partial charge in [0.1, 0.15) is 5.75 Å². The van der Waals surface area contributed by atoms with Crippen LogP contribution in [0, 0.1) is 12.3 Å². The van der Waals surface area contributed by atoms with Gasteiger partial charge in [-0.3, -0.25) is 9.59 Å². The van der Waals surface area contributed by atoms with Crippen molar-refractivity contribution in [1.29, 1.82) is 0 Å².